The number of carbonyl (C=O) groups excluding carboxylic acids is 2. The van der Waals surface area contributed by atoms with Gasteiger partial charge >= 0.3 is 5.97 Å². The van der Waals surface area contributed by atoms with Gasteiger partial charge in [0.1, 0.15) is 12.3 Å². The van der Waals surface area contributed by atoms with Crippen molar-refractivity contribution in [2.45, 2.75) is 6.61 Å². The van der Waals surface area contributed by atoms with E-state index in [1.54, 1.807) is 18.2 Å². The van der Waals surface area contributed by atoms with Gasteiger partial charge in [-0.3, -0.25) is 4.79 Å². The van der Waals surface area contributed by atoms with Crippen molar-refractivity contribution in [1.29, 1.82) is 0 Å². The maximum Gasteiger partial charge on any atom is 0.380 e. The number of ketones is 1. The third-order valence-corrected chi connectivity index (χ3v) is 3.99. The maximum atomic E-state index is 12.3. The lowest BCUT2D eigenvalue weighted by atomic mass is 10.1. The molecule has 0 aliphatic rings. The number of benzene rings is 2. The van der Waals surface area contributed by atoms with Crippen LogP contribution in [-0.2, 0) is 16.1 Å². The minimum absolute atomic E-state index is 0.136. The topological polar surface area (TPSA) is 85.2 Å². The number of nitrogens with one attached hydrogen (secondary N) is 1. The molecule has 2 aromatic carbocycles. The molecule has 0 fully saturated rings. The molecule has 0 saturated heterocycles. The Balaban J connectivity index is 1.44. The van der Waals surface area contributed by atoms with Crippen molar-refractivity contribution >= 4 is 22.7 Å². The third-order valence-electron chi connectivity index (χ3n) is 3.99. The summed E-state index contributed by atoms with van der Waals surface area (Å²) >= 11 is 0. The molecule has 4 rings (SSSR count). The molecule has 128 valence electrons. The Bertz CT molecular complexity index is 1080. The lowest BCUT2D eigenvalue weighted by molar-refractivity contribution is -0.139. The van der Waals surface area contributed by atoms with E-state index < -0.39 is 11.8 Å². The molecule has 2 aromatic heterocycles. The second kappa shape index (κ2) is 6.68. The fraction of sp³-hybridized carbons (Fsp3) is 0.0500. The van der Waals surface area contributed by atoms with Crippen LogP contribution >= 0.6 is 0 Å². The van der Waals surface area contributed by atoms with E-state index in [9.17, 15) is 9.59 Å². The molecule has 0 aliphatic heterocycles. The van der Waals surface area contributed by atoms with E-state index in [0.717, 1.165) is 11.1 Å². The Labute approximate surface area is 148 Å². The van der Waals surface area contributed by atoms with E-state index in [2.05, 4.69) is 10.1 Å². The fourth-order valence-electron chi connectivity index (χ4n) is 2.69. The van der Waals surface area contributed by atoms with Crippen molar-refractivity contribution in [3.63, 3.8) is 0 Å². The molecule has 0 spiro atoms. The van der Waals surface area contributed by atoms with Crippen molar-refractivity contribution in [3.8, 4) is 11.3 Å². The summed E-state index contributed by atoms with van der Waals surface area (Å²) < 4.78 is 10.3. The number of esters is 1. The summed E-state index contributed by atoms with van der Waals surface area (Å²) in [6, 6.07) is 18.4. The Hall–Kier alpha value is -3.67. The average Bonchev–Trinajstić information content (AvgIpc) is 3.33. The summed E-state index contributed by atoms with van der Waals surface area (Å²) in [6.07, 6.45) is 1.51. The van der Waals surface area contributed by atoms with Crippen LogP contribution in [0.5, 0.6) is 0 Å². The first-order chi connectivity index (χ1) is 12.7. The van der Waals surface area contributed by atoms with E-state index in [1.807, 2.05) is 42.5 Å². The van der Waals surface area contributed by atoms with Crippen molar-refractivity contribution in [2.75, 3.05) is 0 Å². The van der Waals surface area contributed by atoms with Crippen LogP contribution in [0.4, 0.5) is 0 Å². The number of H-pyrrole nitrogens is 1. The number of hydrogen-bond donors (Lipinski definition) is 1. The van der Waals surface area contributed by atoms with Gasteiger partial charge in [0.25, 0.3) is 5.78 Å². The Morgan fingerprint density at radius 3 is 2.65 bits per heavy atom. The normalized spacial score (nSPS) is 10.8. The highest BCUT2D eigenvalue weighted by Crippen LogP contribution is 2.21. The lowest BCUT2D eigenvalue weighted by Gasteiger charge is -2.01. The van der Waals surface area contributed by atoms with Gasteiger partial charge < -0.3 is 14.2 Å². The highest BCUT2D eigenvalue weighted by molar-refractivity contribution is 6.42. The molecule has 0 unspecified atom stereocenters. The zero-order chi connectivity index (χ0) is 17.9. The van der Waals surface area contributed by atoms with Gasteiger partial charge in [0.05, 0.1) is 5.56 Å². The van der Waals surface area contributed by atoms with Crippen LogP contribution in [0.2, 0.25) is 0 Å². The number of ether oxygens (including phenoxy) is 1. The van der Waals surface area contributed by atoms with Gasteiger partial charge in [-0.2, -0.15) is 0 Å². The van der Waals surface area contributed by atoms with Gasteiger partial charge in [0.2, 0.25) is 0 Å². The number of hydrogen-bond acceptors (Lipinski definition) is 5. The van der Waals surface area contributed by atoms with Gasteiger partial charge in [0.15, 0.2) is 5.76 Å². The standard InChI is InChI=1S/C20H14N2O4/c23-19(16-11-21-17-9-5-4-8-15(16)17)20(24)25-12-14-10-18(26-22-14)13-6-2-1-3-7-13/h1-11,21H,12H2. The third kappa shape index (κ3) is 3.00. The van der Waals surface area contributed by atoms with E-state index in [4.69, 9.17) is 9.26 Å². The second-order valence-electron chi connectivity index (χ2n) is 5.70. The molecule has 26 heavy (non-hydrogen) atoms. The number of Topliss-reactive ketones (excluding diaryl/α,β-unsaturated/α-hetero) is 1. The van der Waals surface area contributed by atoms with Gasteiger partial charge in [0, 0.05) is 28.7 Å². The van der Waals surface area contributed by atoms with E-state index in [1.165, 1.54) is 6.20 Å². The highest BCUT2D eigenvalue weighted by atomic mass is 16.5. The summed E-state index contributed by atoms with van der Waals surface area (Å²) in [5, 5.41) is 4.55. The predicted octanol–water partition coefficient (Wildman–Crippen LogP) is 3.75. The lowest BCUT2D eigenvalue weighted by Crippen LogP contribution is -2.17. The van der Waals surface area contributed by atoms with Crippen molar-refractivity contribution in [3.05, 3.63) is 78.1 Å². The van der Waals surface area contributed by atoms with Gasteiger partial charge in [-0.15, -0.1) is 0 Å². The molecule has 0 amide bonds. The molecule has 1 N–H and O–H groups in total. The first kappa shape index (κ1) is 15.8. The number of para-hydroxylation sites is 1. The molecule has 2 heterocycles. The molecule has 6 nitrogen and oxygen atoms in total. The predicted molar refractivity (Wildman–Crippen MR) is 94.4 cm³/mol. The maximum absolute atomic E-state index is 12.3. The molecule has 0 atom stereocenters. The first-order valence-electron chi connectivity index (χ1n) is 8.01. The molecule has 6 heteroatoms. The summed E-state index contributed by atoms with van der Waals surface area (Å²) in [5.41, 5.74) is 2.37. The molecule has 0 bridgehead atoms. The first-order valence-corrected chi connectivity index (χ1v) is 8.01. The molecule has 0 saturated carbocycles. The zero-order valence-corrected chi connectivity index (χ0v) is 13.6. The van der Waals surface area contributed by atoms with Crippen molar-refractivity contribution in [2.24, 2.45) is 0 Å². The Kier molecular flexibility index (Phi) is 4.07. The van der Waals surface area contributed by atoms with E-state index in [0.29, 0.717) is 16.8 Å². The van der Waals surface area contributed by atoms with E-state index >= 15 is 0 Å². The number of carbonyl (C=O) groups is 2. The Morgan fingerprint density at radius 1 is 1.04 bits per heavy atom. The summed E-state index contributed by atoms with van der Waals surface area (Å²) in [4.78, 5) is 27.4. The van der Waals surface area contributed by atoms with Crippen LogP contribution in [0, 0.1) is 0 Å². The van der Waals surface area contributed by atoms with E-state index in [-0.39, 0.29) is 12.2 Å². The molecular weight excluding hydrogens is 332 g/mol. The van der Waals surface area contributed by atoms with Gasteiger partial charge in [-0.05, 0) is 6.07 Å². The molecule has 0 radical (unpaired) electrons. The number of rotatable bonds is 5. The summed E-state index contributed by atoms with van der Waals surface area (Å²) in [6.45, 7) is -0.136. The summed E-state index contributed by atoms with van der Waals surface area (Å²) in [5.74, 6) is -1.06. The number of aromatic amines is 1. The average molecular weight is 346 g/mol. The van der Waals surface area contributed by atoms with Crippen LogP contribution < -0.4 is 0 Å². The monoisotopic (exact) mass is 346 g/mol. The Morgan fingerprint density at radius 2 is 1.81 bits per heavy atom. The minimum Gasteiger partial charge on any atom is -0.453 e. The van der Waals surface area contributed by atoms with Crippen molar-refractivity contribution < 1.29 is 18.8 Å². The van der Waals surface area contributed by atoms with Crippen LogP contribution in [0.25, 0.3) is 22.2 Å². The molecular formula is C20H14N2O4. The number of aromatic nitrogens is 2. The number of fused-ring (bicyclic) bond motifs is 1. The van der Waals surface area contributed by atoms with Gasteiger partial charge in [-0.1, -0.05) is 53.7 Å². The molecule has 0 aliphatic carbocycles. The largest absolute Gasteiger partial charge is 0.453 e. The zero-order valence-electron chi connectivity index (χ0n) is 13.6. The highest BCUT2D eigenvalue weighted by Gasteiger charge is 2.22. The fourth-order valence-corrected chi connectivity index (χ4v) is 2.69. The van der Waals surface area contributed by atoms with Crippen LogP contribution in [0.1, 0.15) is 16.1 Å². The quantitative estimate of drug-likeness (QED) is 0.338. The van der Waals surface area contributed by atoms with Crippen LogP contribution in [0.3, 0.4) is 0 Å². The SMILES string of the molecule is O=C(OCc1cc(-c2ccccc2)on1)C(=O)c1c[nH]c2ccccc12. The second-order valence-corrected chi connectivity index (χ2v) is 5.70. The smallest absolute Gasteiger partial charge is 0.380 e. The summed E-state index contributed by atoms with van der Waals surface area (Å²) in [7, 11) is 0. The number of nitrogens with zero attached hydrogens (tertiary/aromatic N) is 1. The van der Waals surface area contributed by atoms with Gasteiger partial charge in [-0.25, -0.2) is 4.79 Å². The van der Waals surface area contributed by atoms with Crippen LogP contribution in [0.15, 0.2) is 71.4 Å². The van der Waals surface area contributed by atoms with Crippen molar-refractivity contribution in [1.82, 2.24) is 10.1 Å². The minimum atomic E-state index is -0.931. The van der Waals surface area contributed by atoms with Crippen LogP contribution in [-0.4, -0.2) is 21.9 Å². The molecule has 4 aromatic rings.